The second kappa shape index (κ2) is 7.10. The third-order valence-corrected chi connectivity index (χ3v) is 3.77. The molecule has 1 unspecified atom stereocenters. The summed E-state index contributed by atoms with van der Waals surface area (Å²) in [5.41, 5.74) is 0.633. The van der Waals surface area contributed by atoms with E-state index in [-0.39, 0.29) is 11.9 Å². The molecule has 3 nitrogen and oxygen atoms in total. The summed E-state index contributed by atoms with van der Waals surface area (Å²) in [6, 6.07) is 11.5. The van der Waals surface area contributed by atoms with Crippen LogP contribution in [0.5, 0.6) is 5.75 Å². The Morgan fingerprint density at radius 3 is 2.90 bits per heavy atom. The summed E-state index contributed by atoms with van der Waals surface area (Å²) in [6.07, 6.45) is 0.856. The average Bonchev–Trinajstić information content (AvgIpc) is 2.92. The molecule has 4 heteroatoms. The van der Waals surface area contributed by atoms with E-state index in [1.165, 1.54) is 4.88 Å². The number of benzene rings is 1. The zero-order chi connectivity index (χ0) is 14.4. The minimum atomic E-state index is -0.0596. The van der Waals surface area contributed by atoms with Gasteiger partial charge < -0.3 is 10.1 Å². The molecule has 0 radical (unpaired) electrons. The summed E-state index contributed by atoms with van der Waals surface area (Å²) in [5, 5.41) is 5.07. The van der Waals surface area contributed by atoms with Crippen molar-refractivity contribution in [3.05, 3.63) is 52.2 Å². The zero-order valence-corrected chi connectivity index (χ0v) is 12.6. The molecule has 0 aliphatic rings. The van der Waals surface area contributed by atoms with Gasteiger partial charge in [-0.2, -0.15) is 0 Å². The van der Waals surface area contributed by atoms with Gasteiger partial charge in [0.2, 0.25) is 0 Å². The number of carbonyl (C=O) groups excluding carboxylic acids is 1. The number of amides is 1. The third-order valence-electron chi connectivity index (χ3n) is 2.87. The van der Waals surface area contributed by atoms with Crippen LogP contribution in [0.1, 0.15) is 29.1 Å². The number of hydrogen-bond donors (Lipinski definition) is 1. The quantitative estimate of drug-likeness (QED) is 0.883. The highest BCUT2D eigenvalue weighted by Gasteiger charge is 2.11. The Kier molecular flexibility index (Phi) is 5.18. The van der Waals surface area contributed by atoms with E-state index in [0.29, 0.717) is 12.2 Å². The van der Waals surface area contributed by atoms with Crippen molar-refractivity contribution in [3.63, 3.8) is 0 Å². The smallest absolute Gasteiger partial charge is 0.251 e. The van der Waals surface area contributed by atoms with E-state index >= 15 is 0 Å². The van der Waals surface area contributed by atoms with E-state index in [2.05, 4.69) is 16.8 Å². The highest BCUT2D eigenvalue weighted by atomic mass is 32.1. The molecule has 0 aliphatic carbocycles. The van der Waals surface area contributed by atoms with Crippen LogP contribution in [-0.4, -0.2) is 18.6 Å². The van der Waals surface area contributed by atoms with Crippen LogP contribution in [0, 0.1) is 0 Å². The van der Waals surface area contributed by atoms with Crippen molar-refractivity contribution in [3.8, 4) is 5.75 Å². The molecule has 2 aromatic rings. The molecule has 1 atom stereocenters. The van der Waals surface area contributed by atoms with Crippen molar-refractivity contribution < 1.29 is 9.53 Å². The molecule has 0 saturated heterocycles. The lowest BCUT2D eigenvalue weighted by Crippen LogP contribution is -2.33. The molecule has 0 fully saturated rings. The normalized spacial score (nSPS) is 11.9. The standard InChI is InChI=1S/C16H19NO2S/c1-3-19-14-7-4-6-13(11-14)16(18)17-12(2)10-15-8-5-9-20-15/h4-9,11-12H,3,10H2,1-2H3,(H,17,18). The molecule has 1 amide bonds. The van der Waals surface area contributed by atoms with Crippen LogP contribution in [0.15, 0.2) is 41.8 Å². The monoisotopic (exact) mass is 289 g/mol. The largest absolute Gasteiger partial charge is 0.494 e. The maximum atomic E-state index is 12.2. The molecule has 106 valence electrons. The average molecular weight is 289 g/mol. The van der Waals surface area contributed by atoms with Gasteiger partial charge in [-0.15, -0.1) is 11.3 Å². The van der Waals surface area contributed by atoms with Gasteiger partial charge in [0.25, 0.3) is 5.91 Å². The summed E-state index contributed by atoms with van der Waals surface area (Å²) >= 11 is 1.71. The summed E-state index contributed by atoms with van der Waals surface area (Å²) in [5.74, 6) is 0.668. The number of thiophene rings is 1. The summed E-state index contributed by atoms with van der Waals surface area (Å²) in [7, 11) is 0. The highest BCUT2D eigenvalue weighted by molar-refractivity contribution is 7.09. The predicted molar refractivity (Wildman–Crippen MR) is 82.6 cm³/mol. The first-order valence-corrected chi connectivity index (χ1v) is 7.63. The first-order chi connectivity index (χ1) is 9.69. The molecule has 1 aromatic heterocycles. The van der Waals surface area contributed by atoms with Gasteiger partial charge in [0.1, 0.15) is 5.75 Å². The van der Waals surface area contributed by atoms with E-state index < -0.39 is 0 Å². The van der Waals surface area contributed by atoms with Crippen LogP contribution in [0.4, 0.5) is 0 Å². The van der Waals surface area contributed by atoms with Gasteiger partial charge >= 0.3 is 0 Å². The molecule has 1 heterocycles. The second-order valence-corrected chi connectivity index (χ2v) is 5.65. The zero-order valence-electron chi connectivity index (χ0n) is 11.8. The van der Waals surface area contributed by atoms with Crippen molar-refractivity contribution in [2.75, 3.05) is 6.61 Å². The number of carbonyl (C=O) groups is 1. The Bertz CT molecular complexity index is 551. The molecular weight excluding hydrogens is 270 g/mol. The van der Waals surface area contributed by atoms with Gasteiger partial charge in [-0.1, -0.05) is 12.1 Å². The first kappa shape index (κ1) is 14.6. The lowest BCUT2D eigenvalue weighted by atomic mass is 10.1. The van der Waals surface area contributed by atoms with Gasteiger partial charge in [-0.25, -0.2) is 0 Å². The minimum Gasteiger partial charge on any atom is -0.494 e. The number of rotatable bonds is 6. The molecule has 0 spiro atoms. The fraction of sp³-hybridized carbons (Fsp3) is 0.312. The van der Waals surface area contributed by atoms with Crippen LogP contribution < -0.4 is 10.1 Å². The van der Waals surface area contributed by atoms with Gasteiger partial charge in [-0.05, 0) is 43.5 Å². The Labute approximate surface area is 123 Å². The van der Waals surface area contributed by atoms with Crippen molar-refractivity contribution in [1.29, 1.82) is 0 Å². The molecule has 2 rings (SSSR count). The van der Waals surface area contributed by atoms with Crippen molar-refractivity contribution >= 4 is 17.2 Å². The lowest BCUT2D eigenvalue weighted by Gasteiger charge is -2.13. The SMILES string of the molecule is CCOc1cccc(C(=O)NC(C)Cc2cccs2)c1. The van der Waals surface area contributed by atoms with Crippen molar-refractivity contribution in [2.45, 2.75) is 26.3 Å². The lowest BCUT2D eigenvalue weighted by molar-refractivity contribution is 0.0940. The van der Waals surface area contributed by atoms with E-state index in [1.807, 2.05) is 32.0 Å². The Balaban J connectivity index is 1.95. The van der Waals surface area contributed by atoms with Gasteiger partial charge in [0.05, 0.1) is 6.61 Å². The van der Waals surface area contributed by atoms with Crippen LogP contribution in [-0.2, 0) is 6.42 Å². The van der Waals surface area contributed by atoms with Crippen molar-refractivity contribution in [1.82, 2.24) is 5.32 Å². The maximum Gasteiger partial charge on any atom is 0.251 e. The van der Waals surface area contributed by atoms with Crippen LogP contribution in [0.2, 0.25) is 0 Å². The molecule has 0 aliphatic heterocycles. The Morgan fingerprint density at radius 2 is 2.20 bits per heavy atom. The van der Waals surface area contributed by atoms with Gasteiger partial charge in [0.15, 0.2) is 0 Å². The number of nitrogens with one attached hydrogen (secondary N) is 1. The molecule has 20 heavy (non-hydrogen) atoms. The molecule has 0 saturated carbocycles. The highest BCUT2D eigenvalue weighted by Crippen LogP contribution is 2.14. The number of hydrogen-bond acceptors (Lipinski definition) is 3. The van der Waals surface area contributed by atoms with Gasteiger partial charge in [-0.3, -0.25) is 4.79 Å². The maximum absolute atomic E-state index is 12.2. The Morgan fingerprint density at radius 1 is 1.35 bits per heavy atom. The minimum absolute atomic E-state index is 0.0596. The first-order valence-electron chi connectivity index (χ1n) is 6.75. The van der Waals surface area contributed by atoms with Crippen LogP contribution in [0.25, 0.3) is 0 Å². The van der Waals surface area contributed by atoms with E-state index in [1.54, 1.807) is 23.5 Å². The number of ether oxygens (including phenoxy) is 1. The predicted octanol–water partition coefficient (Wildman–Crippen LogP) is 3.51. The fourth-order valence-corrected chi connectivity index (χ4v) is 2.82. The summed E-state index contributed by atoms with van der Waals surface area (Å²) in [6.45, 7) is 4.54. The molecule has 1 aromatic carbocycles. The van der Waals surface area contributed by atoms with E-state index in [9.17, 15) is 4.79 Å². The topological polar surface area (TPSA) is 38.3 Å². The fourth-order valence-electron chi connectivity index (χ4n) is 1.98. The molecular formula is C16H19NO2S. The third kappa shape index (κ3) is 4.10. The molecule has 1 N–H and O–H groups in total. The van der Waals surface area contributed by atoms with Crippen molar-refractivity contribution in [2.24, 2.45) is 0 Å². The second-order valence-electron chi connectivity index (χ2n) is 4.62. The summed E-state index contributed by atoms with van der Waals surface area (Å²) < 4.78 is 5.41. The molecule has 0 bridgehead atoms. The van der Waals surface area contributed by atoms with Crippen LogP contribution in [0.3, 0.4) is 0 Å². The Hall–Kier alpha value is -1.81. The van der Waals surface area contributed by atoms with Crippen LogP contribution >= 0.6 is 11.3 Å². The van der Waals surface area contributed by atoms with E-state index in [4.69, 9.17) is 4.74 Å². The summed E-state index contributed by atoms with van der Waals surface area (Å²) in [4.78, 5) is 13.5. The van der Waals surface area contributed by atoms with Gasteiger partial charge in [0, 0.05) is 22.9 Å². The van der Waals surface area contributed by atoms with E-state index in [0.717, 1.165) is 12.2 Å².